The lowest BCUT2D eigenvalue weighted by Crippen LogP contribution is -2.55. The number of carbonyl (C=O) groups excluding carboxylic acids is 1. The summed E-state index contributed by atoms with van der Waals surface area (Å²) in [5.74, 6) is 0.227. The van der Waals surface area contributed by atoms with E-state index in [-0.39, 0.29) is 11.3 Å². The summed E-state index contributed by atoms with van der Waals surface area (Å²) in [5, 5.41) is 10.1. The zero-order chi connectivity index (χ0) is 9.69. The molecule has 0 amide bonds. The fraction of sp³-hybridized carbons (Fsp3) is 0.909. The van der Waals surface area contributed by atoms with Gasteiger partial charge in [-0.2, -0.15) is 0 Å². The van der Waals surface area contributed by atoms with E-state index in [0.29, 0.717) is 12.2 Å². The Morgan fingerprint density at radius 1 is 1.62 bits per heavy atom. The van der Waals surface area contributed by atoms with Gasteiger partial charge in [0.1, 0.15) is 5.78 Å². The van der Waals surface area contributed by atoms with Gasteiger partial charge in [-0.15, -0.1) is 0 Å². The fourth-order valence-electron chi connectivity index (χ4n) is 3.31. The number of Topliss-reactive ketones (excluding diaryl/α,β-unsaturated/α-hetero) is 1. The Labute approximate surface area is 79.3 Å². The second-order valence-corrected chi connectivity index (χ2v) is 5.12. The third-order valence-corrected chi connectivity index (χ3v) is 4.13. The van der Waals surface area contributed by atoms with Crippen LogP contribution in [0.4, 0.5) is 0 Å². The molecule has 0 radical (unpaired) electrons. The van der Waals surface area contributed by atoms with E-state index in [9.17, 15) is 9.90 Å². The summed E-state index contributed by atoms with van der Waals surface area (Å²) in [5.41, 5.74) is -0.584. The molecular weight excluding hydrogens is 164 g/mol. The van der Waals surface area contributed by atoms with E-state index < -0.39 is 5.60 Å². The van der Waals surface area contributed by atoms with Crippen LogP contribution < -0.4 is 0 Å². The minimum Gasteiger partial charge on any atom is -0.389 e. The van der Waals surface area contributed by atoms with Crippen LogP contribution in [0.3, 0.4) is 0 Å². The van der Waals surface area contributed by atoms with E-state index in [1.54, 1.807) is 0 Å². The lowest BCUT2D eigenvalue weighted by molar-refractivity contribution is -0.160. The summed E-state index contributed by atoms with van der Waals surface area (Å²) >= 11 is 0. The molecule has 1 N–H and O–H groups in total. The van der Waals surface area contributed by atoms with Crippen LogP contribution in [0.5, 0.6) is 0 Å². The fourth-order valence-corrected chi connectivity index (χ4v) is 3.31. The maximum atomic E-state index is 11.7. The highest BCUT2D eigenvalue weighted by molar-refractivity contribution is 5.84. The average molecular weight is 182 g/mol. The summed E-state index contributed by atoms with van der Waals surface area (Å²) in [4.78, 5) is 11.7. The van der Waals surface area contributed by atoms with Crippen LogP contribution in [-0.4, -0.2) is 16.5 Å². The van der Waals surface area contributed by atoms with Crippen molar-refractivity contribution in [1.29, 1.82) is 0 Å². The molecule has 13 heavy (non-hydrogen) atoms. The van der Waals surface area contributed by atoms with E-state index in [4.69, 9.17) is 0 Å². The van der Waals surface area contributed by atoms with Crippen molar-refractivity contribution >= 4 is 5.78 Å². The van der Waals surface area contributed by atoms with Gasteiger partial charge in [-0.1, -0.05) is 6.92 Å². The van der Waals surface area contributed by atoms with Gasteiger partial charge in [-0.25, -0.2) is 0 Å². The quantitative estimate of drug-likeness (QED) is 0.672. The summed E-state index contributed by atoms with van der Waals surface area (Å²) in [6.07, 6.45) is 4.61. The first-order chi connectivity index (χ1) is 5.99. The van der Waals surface area contributed by atoms with Crippen LogP contribution in [-0.2, 0) is 4.79 Å². The molecule has 0 unspecified atom stereocenters. The molecule has 0 aromatic carbocycles. The van der Waals surface area contributed by atoms with Crippen molar-refractivity contribution in [3.8, 4) is 0 Å². The van der Waals surface area contributed by atoms with Gasteiger partial charge in [0.15, 0.2) is 0 Å². The van der Waals surface area contributed by atoms with Crippen LogP contribution in [0.2, 0.25) is 0 Å². The number of aliphatic hydroxyl groups is 1. The molecule has 3 fully saturated rings. The van der Waals surface area contributed by atoms with E-state index >= 15 is 0 Å². The van der Waals surface area contributed by atoms with Crippen LogP contribution in [0.25, 0.3) is 0 Å². The highest BCUT2D eigenvalue weighted by Gasteiger charge is 2.54. The summed E-state index contributed by atoms with van der Waals surface area (Å²) < 4.78 is 0. The molecule has 3 atom stereocenters. The van der Waals surface area contributed by atoms with Crippen LogP contribution in [0, 0.1) is 11.3 Å². The van der Waals surface area contributed by atoms with E-state index in [0.717, 1.165) is 25.7 Å². The highest BCUT2D eigenvalue weighted by Crippen LogP contribution is 2.54. The third-order valence-electron chi connectivity index (χ3n) is 4.13. The smallest absolute Gasteiger partial charge is 0.139 e. The Morgan fingerprint density at radius 3 is 2.77 bits per heavy atom. The Morgan fingerprint density at radius 2 is 2.31 bits per heavy atom. The molecule has 74 valence electrons. The molecule has 3 aliphatic rings. The van der Waals surface area contributed by atoms with Crippen molar-refractivity contribution in [3.05, 3.63) is 0 Å². The van der Waals surface area contributed by atoms with Crippen LogP contribution in [0.1, 0.15) is 46.0 Å². The number of hydrogen-bond acceptors (Lipinski definition) is 2. The molecule has 3 rings (SSSR count). The first-order valence-electron chi connectivity index (χ1n) is 5.24. The van der Waals surface area contributed by atoms with Crippen molar-refractivity contribution < 1.29 is 9.90 Å². The molecule has 0 spiro atoms. The van der Waals surface area contributed by atoms with Gasteiger partial charge in [0.25, 0.3) is 0 Å². The van der Waals surface area contributed by atoms with Crippen molar-refractivity contribution in [2.75, 3.05) is 0 Å². The van der Waals surface area contributed by atoms with E-state index in [1.165, 1.54) is 0 Å². The number of carbonyl (C=O) groups is 1. The largest absolute Gasteiger partial charge is 0.389 e. The number of fused-ring (bicyclic) bond motifs is 3. The number of hydrogen-bond donors (Lipinski definition) is 1. The Kier molecular flexibility index (Phi) is 1.82. The zero-order valence-electron chi connectivity index (χ0n) is 8.47. The maximum absolute atomic E-state index is 11.7. The zero-order valence-corrected chi connectivity index (χ0v) is 8.47. The predicted molar refractivity (Wildman–Crippen MR) is 50.3 cm³/mol. The van der Waals surface area contributed by atoms with Gasteiger partial charge in [-0.3, -0.25) is 4.79 Å². The van der Waals surface area contributed by atoms with Gasteiger partial charge in [0.2, 0.25) is 0 Å². The van der Waals surface area contributed by atoms with E-state index in [1.807, 2.05) is 6.92 Å². The molecule has 2 bridgehead atoms. The molecule has 3 aliphatic carbocycles. The lowest BCUT2D eigenvalue weighted by atomic mass is 9.53. The second-order valence-electron chi connectivity index (χ2n) is 5.12. The molecule has 0 saturated heterocycles. The molecule has 0 aromatic heterocycles. The third kappa shape index (κ3) is 1.23. The molecule has 0 aliphatic heterocycles. The van der Waals surface area contributed by atoms with Gasteiger partial charge in [-0.05, 0) is 38.0 Å². The van der Waals surface area contributed by atoms with E-state index in [2.05, 4.69) is 6.92 Å². The Bertz CT molecular complexity index is 244. The number of ketones is 1. The first kappa shape index (κ1) is 9.20. The van der Waals surface area contributed by atoms with Gasteiger partial charge >= 0.3 is 0 Å². The Hall–Kier alpha value is -0.370. The lowest BCUT2D eigenvalue weighted by Gasteiger charge is -2.52. The number of rotatable bonds is 1. The summed E-state index contributed by atoms with van der Waals surface area (Å²) in [6.45, 7) is 3.97. The minimum atomic E-state index is -0.719. The van der Waals surface area contributed by atoms with Crippen molar-refractivity contribution in [2.45, 2.75) is 51.6 Å². The molecule has 0 heterocycles. The minimum absolute atomic E-state index is 0.0686. The molecular formula is C11H18O2. The summed E-state index contributed by atoms with van der Waals surface area (Å²) in [6, 6.07) is 0. The second kappa shape index (κ2) is 2.57. The maximum Gasteiger partial charge on any atom is 0.139 e. The Balaban J connectivity index is 2.32. The predicted octanol–water partition coefficient (Wildman–Crippen LogP) is 1.91. The van der Waals surface area contributed by atoms with Crippen molar-refractivity contribution in [1.82, 2.24) is 0 Å². The van der Waals surface area contributed by atoms with Gasteiger partial charge in [0, 0.05) is 12.3 Å². The average Bonchev–Trinajstić information content (AvgIpc) is 2.02. The van der Waals surface area contributed by atoms with Gasteiger partial charge < -0.3 is 5.11 Å². The first-order valence-corrected chi connectivity index (χ1v) is 5.24. The van der Waals surface area contributed by atoms with Gasteiger partial charge in [0.05, 0.1) is 5.60 Å². The standard InChI is InChI=1S/C11H18O2/c1-3-11-5-4-8(9(12)6-11)10(2,13)7-11/h8,13H,3-7H2,1-2H3/t8-,10+,11+/m1/s1. The topological polar surface area (TPSA) is 37.3 Å². The monoisotopic (exact) mass is 182 g/mol. The van der Waals surface area contributed by atoms with Crippen molar-refractivity contribution in [3.63, 3.8) is 0 Å². The SMILES string of the molecule is CC[C@]12CC[C@H](C(=O)C1)[C@@](C)(O)C2. The molecule has 0 aromatic rings. The van der Waals surface area contributed by atoms with Crippen molar-refractivity contribution in [2.24, 2.45) is 11.3 Å². The van der Waals surface area contributed by atoms with Crippen LogP contribution >= 0.6 is 0 Å². The highest BCUT2D eigenvalue weighted by atomic mass is 16.3. The normalized spacial score (nSPS) is 49.8. The van der Waals surface area contributed by atoms with Crippen LogP contribution in [0.15, 0.2) is 0 Å². The molecule has 2 heteroatoms. The molecule has 3 saturated carbocycles. The summed E-state index contributed by atoms with van der Waals surface area (Å²) in [7, 11) is 0. The molecule has 2 nitrogen and oxygen atoms in total.